The number of anilines is 2. The van der Waals surface area contributed by atoms with Gasteiger partial charge in [-0.15, -0.1) is 0 Å². The fraction of sp³-hybridized carbons (Fsp3) is 0.500. The number of aromatic nitrogens is 1. The third kappa shape index (κ3) is 2.70. The number of nitrogens with two attached hydrogens (primary N) is 1. The lowest BCUT2D eigenvalue weighted by Gasteiger charge is -2.27. The first-order valence-electron chi connectivity index (χ1n) is 6.07. The second-order valence-electron chi connectivity index (χ2n) is 4.27. The number of rotatable bonds is 3. The molecule has 2 rings (SSSR count). The Morgan fingerprint density at radius 3 is 2.83 bits per heavy atom. The summed E-state index contributed by atoms with van der Waals surface area (Å²) in [6.45, 7) is 1.92. The molecule has 0 atom stereocenters. The number of carbonyl (C=O) groups excluding carboxylic acids is 1. The molecular weight excluding hydrogens is 232 g/mol. The number of nitrogens with one attached hydrogen (secondary N) is 1. The van der Waals surface area contributed by atoms with Crippen molar-refractivity contribution in [1.29, 1.82) is 0 Å². The molecule has 1 saturated heterocycles. The number of piperidine rings is 1. The molecule has 0 radical (unpaired) electrons. The molecule has 3 N–H and O–H groups in total. The third-order valence-electron chi connectivity index (χ3n) is 3.02. The molecule has 1 aliphatic heterocycles. The van der Waals surface area contributed by atoms with Gasteiger partial charge in [-0.05, 0) is 18.9 Å². The maximum absolute atomic E-state index is 11.5. The highest BCUT2D eigenvalue weighted by Gasteiger charge is 2.16. The number of nitrogen functional groups attached to an aromatic ring is 1. The van der Waals surface area contributed by atoms with E-state index in [4.69, 9.17) is 5.73 Å². The number of carbonyl (C=O) groups is 1. The molecule has 6 heteroatoms. The smallest absolute Gasteiger partial charge is 0.340 e. The van der Waals surface area contributed by atoms with E-state index in [1.54, 1.807) is 12.3 Å². The van der Waals surface area contributed by atoms with E-state index in [0.29, 0.717) is 17.1 Å². The summed E-state index contributed by atoms with van der Waals surface area (Å²) in [6.07, 6.45) is 5.12. The number of hydrogen-bond donors (Lipinski definition) is 2. The van der Waals surface area contributed by atoms with Crippen LogP contribution < -0.4 is 11.2 Å². The van der Waals surface area contributed by atoms with Crippen molar-refractivity contribution < 1.29 is 9.53 Å². The van der Waals surface area contributed by atoms with Crippen LogP contribution in [0.3, 0.4) is 0 Å². The van der Waals surface area contributed by atoms with Crippen LogP contribution in [0.5, 0.6) is 0 Å². The van der Waals surface area contributed by atoms with Gasteiger partial charge in [0.05, 0.1) is 18.4 Å². The van der Waals surface area contributed by atoms with Gasteiger partial charge < -0.3 is 15.9 Å². The zero-order valence-corrected chi connectivity index (χ0v) is 10.5. The van der Waals surface area contributed by atoms with E-state index in [9.17, 15) is 4.79 Å². The minimum atomic E-state index is -0.448. The van der Waals surface area contributed by atoms with Gasteiger partial charge in [0.2, 0.25) is 0 Å². The number of pyridine rings is 1. The van der Waals surface area contributed by atoms with E-state index in [1.165, 1.54) is 13.5 Å². The van der Waals surface area contributed by atoms with Crippen molar-refractivity contribution in [3.05, 3.63) is 17.8 Å². The first-order valence-corrected chi connectivity index (χ1v) is 6.07. The van der Waals surface area contributed by atoms with E-state index in [1.807, 2.05) is 0 Å². The molecule has 1 aliphatic rings. The number of esters is 1. The van der Waals surface area contributed by atoms with Crippen molar-refractivity contribution in [2.45, 2.75) is 19.3 Å². The van der Waals surface area contributed by atoms with Crippen molar-refractivity contribution in [3.8, 4) is 0 Å². The molecule has 6 nitrogen and oxygen atoms in total. The van der Waals surface area contributed by atoms with E-state index >= 15 is 0 Å². The topological polar surface area (TPSA) is 80.5 Å². The van der Waals surface area contributed by atoms with Crippen LogP contribution in [0, 0.1) is 0 Å². The minimum absolute atomic E-state index is 0.329. The summed E-state index contributed by atoms with van der Waals surface area (Å²) >= 11 is 0. The van der Waals surface area contributed by atoms with Crippen LogP contribution in [-0.4, -0.2) is 36.2 Å². The fourth-order valence-electron chi connectivity index (χ4n) is 2.01. The van der Waals surface area contributed by atoms with Crippen molar-refractivity contribution in [2.24, 2.45) is 0 Å². The highest BCUT2D eigenvalue weighted by Crippen LogP contribution is 2.22. The van der Waals surface area contributed by atoms with Gasteiger partial charge in [0.25, 0.3) is 0 Å². The lowest BCUT2D eigenvalue weighted by Crippen LogP contribution is -2.35. The standard InChI is InChI=1S/C12H18N4O2/c1-18-12(17)9-5-6-14-11(10(9)13)15-16-7-3-2-4-8-16/h5-6H,2-4,7-8,13H2,1H3,(H,14,15). The molecule has 18 heavy (non-hydrogen) atoms. The number of nitrogens with zero attached hydrogens (tertiary/aromatic N) is 2. The van der Waals surface area contributed by atoms with E-state index < -0.39 is 5.97 Å². The van der Waals surface area contributed by atoms with Crippen LogP contribution in [0.25, 0.3) is 0 Å². The Kier molecular flexibility index (Phi) is 3.99. The Bertz CT molecular complexity index is 430. The fourth-order valence-corrected chi connectivity index (χ4v) is 2.01. The zero-order chi connectivity index (χ0) is 13.0. The predicted molar refractivity (Wildman–Crippen MR) is 69.0 cm³/mol. The van der Waals surface area contributed by atoms with Crippen molar-refractivity contribution in [1.82, 2.24) is 9.99 Å². The molecule has 0 unspecified atom stereocenters. The molecule has 0 spiro atoms. The number of hydrogen-bond acceptors (Lipinski definition) is 6. The number of ether oxygens (including phenoxy) is 1. The molecule has 2 heterocycles. The molecule has 1 aromatic heterocycles. The van der Waals surface area contributed by atoms with Crippen LogP contribution in [0.2, 0.25) is 0 Å². The Hall–Kier alpha value is -1.82. The summed E-state index contributed by atoms with van der Waals surface area (Å²) in [5.41, 5.74) is 9.75. The van der Waals surface area contributed by atoms with Crippen molar-refractivity contribution in [2.75, 3.05) is 31.4 Å². The van der Waals surface area contributed by atoms with Crippen LogP contribution in [0.1, 0.15) is 29.6 Å². The van der Waals surface area contributed by atoms with Crippen LogP contribution >= 0.6 is 0 Å². The maximum Gasteiger partial charge on any atom is 0.340 e. The highest BCUT2D eigenvalue weighted by atomic mass is 16.5. The van der Waals surface area contributed by atoms with Gasteiger partial charge >= 0.3 is 5.97 Å². The van der Waals surface area contributed by atoms with E-state index in [0.717, 1.165) is 25.9 Å². The Balaban J connectivity index is 2.15. The van der Waals surface area contributed by atoms with Crippen LogP contribution in [-0.2, 0) is 4.74 Å². The first-order chi connectivity index (χ1) is 8.72. The monoisotopic (exact) mass is 250 g/mol. The molecule has 0 amide bonds. The highest BCUT2D eigenvalue weighted by molar-refractivity contribution is 5.97. The van der Waals surface area contributed by atoms with Crippen molar-refractivity contribution >= 4 is 17.5 Å². The lowest BCUT2D eigenvalue weighted by molar-refractivity contribution is 0.0602. The first kappa shape index (κ1) is 12.6. The molecule has 98 valence electrons. The summed E-state index contributed by atoms with van der Waals surface area (Å²) in [7, 11) is 1.33. The summed E-state index contributed by atoms with van der Waals surface area (Å²) in [5, 5.41) is 2.07. The normalized spacial score (nSPS) is 16.3. The molecule has 1 fully saturated rings. The van der Waals surface area contributed by atoms with E-state index in [2.05, 4.69) is 20.2 Å². The summed E-state index contributed by atoms with van der Waals surface area (Å²) in [4.78, 5) is 15.7. The van der Waals surface area contributed by atoms with Gasteiger partial charge in [-0.25, -0.2) is 14.8 Å². The second kappa shape index (κ2) is 5.68. The summed E-state index contributed by atoms with van der Waals surface area (Å²) in [5.74, 6) is 0.0661. The van der Waals surface area contributed by atoms with Crippen molar-refractivity contribution in [3.63, 3.8) is 0 Å². The maximum atomic E-state index is 11.5. The number of methoxy groups -OCH3 is 1. The molecular formula is C12H18N4O2. The Morgan fingerprint density at radius 2 is 2.17 bits per heavy atom. The molecule has 0 aromatic carbocycles. The van der Waals surface area contributed by atoms with E-state index in [-0.39, 0.29) is 0 Å². The van der Waals surface area contributed by atoms with Gasteiger partial charge in [-0.3, -0.25) is 0 Å². The predicted octanol–water partition coefficient (Wildman–Crippen LogP) is 1.26. The SMILES string of the molecule is COC(=O)c1ccnc(NN2CCCCC2)c1N. The second-order valence-corrected chi connectivity index (χ2v) is 4.27. The average molecular weight is 250 g/mol. The summed E-state index contributed by atoms with van der Waals surface area (Å²) in [6, 6.07) is 1.56. The largest absolute Gasteiger partial charge is 0.465 e. The van der Waals surface area contributed by atoms with Gasteiger partial charge in [-0.2, -0.15) is 0 Å². The van der Waals surface area contributed by atoms with Gasteiger partial charge in [0, 0.05) is 19.3 Å². The quantitative estimate of drug-likeness (QED) is 0.786. The number of hydrazine groups is 1. The Labute approximate surface area is 106 Å². The minimum Gasteiger partial charge on any atom is -0.465 e. The summed E-state index contributed by atoms with van der Waals surface area (Å²) < 4.78 is 4.67. The Morgan fingerprint density at radius 1 is 1.44 bits per heavy atom. The van der Waals surface area contributed by atoms with Gasteiger partial charge in [0.1, 0.15) is 0 Å². The lowest BCUT2D eigenvalue weighted by atomic mass is 10.2. The van der Waals surface area contributed by atoms with Crippen LogP contribution in [0.4, 0.5) is 11.5 Å². The van der Waals surface area contributed by atoms with Gasteiger partial charge in [0.15, 0.2) is 5.82 Å². The van der Waals surface area contributed by atoms with Gasteiger partial charge in [-0.1, -0.05) is 6.42 Å². The molecule has 1 aromatic rings. The molecule has 0 saturated carbocycles. The molecule has 0 bridgehead atoms. The average Bonchev–Trinajstić information content (AvgIpc) is 2.41. The molecule has 0 aliphatic carbocycles. The zero-order valence-electron chi connectivity index (χ0n) is 10.5. The van der Waals surface area contributed by atoms with Crippen LogP contribution in [0.15, 0.2) is 12.3 Å². The third-order valence-corrected chi connectivity index (χ3v) is 3.02.